The van der Waals surface area contributed by atoms with E-state index >= 15 is 0 Å². The summed E-state index contributed by atoms with van der Waals surface area (Å²) in [6, 6.07) is 6.09. The molecule has 2 aromatic rings. The molecule has 5 heteroatoms. The quantitative estimate of drug-likeness (QED) is 0.622. The molecule has 0 aliphatic rings. The van der Waals surface area contributed by atoms with Crippen molar-refractivity contribution in [1.82, 2.24) is 10.3 Å². The SMILES string of the molecule is CNC[C@H](O)c1ccc(O)c2[nH]c(=O)ccc12. The lowest BCUT2D eigenvalue weighted by Gasteiger charge is -2.13. The molecule has 1 heterocycles. The number of aliphatic hydroxyl groups is 1. The van der Waals surface area contributed by atoms with E-state index in [1.807, 2.05) is 0 Å². The van der Waals surface area contributed by atoms with Crippen LogP contribution in [0, 0.1) is 0 Å². The van der Waals surface area contributed by atoms with Gasteiger partial charge >= 0.3 is 0 Å². The summed E-state index contributed by atoms with van der Waals surface area (Å²) in [5, 5.41) is 23.1. The number of hydrogen-bond donors (Lipinski definition) is 4. The van der Waals surface area contributed by atoms with Crippen LogP contribution >= 0.6 is 0 Å². The first-order valence-corrected chi connectivity index (χ1v) is 5.31. The van der Waals surface area contributed by atoms with E-state index < -0.39 is 6.10 Å². The molecule has 0 saturated carbocycles. The van der Waals surface area contributed by atoms with Crippen LogP contribution in [0.25, 0.3) is 10.9 Å². The number of benzene rings is 1. The summed E-state index contributed by atoms with van der Waals surface area (Å²) in [5.74, 6) is -0.00175. The largest absolute Gasteiger partial charge is 0.506 e. The van der Waals surface area contributed by atoms with Crippen molar-refractivity contribution in [3.63, 3.8) is 0 Å². The van der Waals surface area contributed by atoms with Gasteiger partial charge in [0.1, 0.15) is 5.75 Å². The lowest BCUT2D eigenvalue weighted by Crippen LogP contribution is -2.17. The molecule has 17 heavy (non-hydrogen) atoms. The Bertz CT molecular complexity index is 592. The zero-order valence-corrected chi connectivity index (χ0v) is 9.40. The number of H-pyrrole nitrogens is 1. The zero-order chi connectivity index (χ0) is 12.4. The fourth-order valence-corrected chi connectivity index (χ4v) is 1.85. The number of aromatic hydroxyl groups is 1. The maximum atomic E-state index is 11.2. The third-order valence-corrected chi connectivity index (χ3v) is 2.66. The van der Waals surface area contributed by atoms with Gasteiger partial charge in [0.25, 0.3) is 0 Å². The molecule has 1 aromatic heterocycles. The third kappa shape index (κ3) is 2.15. The fraction of sp³-hybridized carbons (Fsp3) is 0.250. The number of likely N-dealkylation sites (N-methyl/N-ethyl adjacent to an activating group) is 1. The van der Waals surface area contributed by atoms with Crippen molar-refractivity contribution in [3.05, 3.63) is 40.2 Å². The van der Waals surface area contributed by atoms with Crippen LogP contribution in [0.4, 0.5) is 0 Å². The van der Waals surface area contributed by atoms with Gasteiger partial charge in [-0.2, -0.15) is 0 Å². The van der Waals surface area contributed by atoms with Gasteiger partial charge in [0.05, 0.1) is 11.6 Å². The first-order chi connectivity index (χ1) is 8.13. The van der Waals surface area contributed by atoms with E-state index in [4.69, 9.17) is 0 Å². The topological polar surface area (TPSA) is 85.3 Å². The maximum Gasteiger partial charge on any atom is 0.248 e. The molecule has 0 spiro atoms. The Hall–Kier alpha value is -1.85. The molecule has 0 aliphatic carbocycles. The van der Waals surface area contributed by atoms with Crippen molar-refractivity contribution in [2.24, 2.45) is 0 Å². The molecular weight excluding hydrogens is 220 g/mol. The third-order valence-electron chi connectivity index (χ3n) is 2.66. The minimum Gasteiger partial charge on any atom is -0.506 e. The van der Waals surface area contributed by atoms with Gasteiger partial charge in [0, 0.05) is 18.0 Å². The summed E-state index contributed by atoms with van der Waals surface area (Å²) in [5.41, 5.74) is 0.738. The number of rotatable bonds is 3. The predicted octanol–water partition coefficient (Wildman–Crippen LogP) is 0.487. The zero-order valence-electron chi connectivity index (χ0n) is 9.40. The first-order valence-electron chi connectivity index (χ1n) is 5.31. The van der Waals surface area contributed by atoms with E-state index in [0.29, 0.717) is 23.0 Å². The summed E-state index contributed by atoms with van der Waals surface area (Å²) in [4.78, 5) is 13.8. The molecule has 2 rings (SSSR count). The van der Waals surface area contributed by atoms with Crippen LogP contribution in [-0.4, -0.2) is 28.8 Å². The molecular formula is C12H14N2O3. The van der Waals surface area contributed by atoms with E-state index in [9.17, 15) is 15.0 Å². The van der Waals surface area contributed by atoms with Crippen LogP contribution in [0.15, 0.2) is 29.1 Å². The number of aromatic nitrogens is 1. The van der Waals surface area contributed by atoms with E-state index in [1.54, 1.807) is 19.2 Å². The smallest absolute Gasteiger partial charge is 0.248 e. The van der Waals surface area contributed by atoms with Crippen LogP contribution < -0.4 is 10.9 Å². The van der Waals surface area contributed by atoms with Gasteiger partial charge in [0.15, 0.2) is 0 Å². The molecule has 1 atom stereocenters. The average molecular weight is 234 g/mol. The Morgan fingerprint density at radius 3 is 2.82 bits per heavy atom. The fourth-order valence-electron chi connectivity index (χ4n) is 1.85. The van der Waals surface area contributed by atoms with Crippen molar-refractivity contribution in [3.8, 4) is 5.75 Å². The van der Waals surface area contributed by atoms with Crippen molar-refractivity contribution in [1.29, 1.82) is 0 Å². The Kier molecular flexibility index (Phi) is 3.12. The summed E-state index contributed by atoms with van der Waals surface area (Å²) < 4.78 is 0. The van der Waals surface area contributed by atoms with E-state index in [2.05, 4.69) is 10.3 Å². The molecule has 0 bridgehead atoms. The number of hydrogen-bond acceptors (Lipinski definition) is 4. The minimum absolute atomic E-state index is 0.00175. The number of phenolic OH excluding ortho intramolecular Hbond substituents is 1. The summed E-state index contributed by atoms with van der Waals surface area (Å²) >= 11 is 0. The molecule has 0 unspecified atom stereocenters. The highest BCUT2D eigenvalue weighted by molar-refractivity contribution is 5.87. The number of phenols is 1. The average Bonchev–Trinajstić information content (AvgIpc) is 2.30. The molecule has 0 radical (unpaired) electrons. The van der Waals surface area contributed by atoms with Gasteiger partial charge in [-0.1, -0.05) is 6.07 Å². The number of fused-ring (bicyclic) bond motifs is 1. The van der Waals surface area contributed by atoms with E-state index in [1.165, 1.54) is 12.1 Å². The molecule has 0 aliphatic heterocycles. The highest BCUT2D eigenvalue weighted by Crippen LogP contribution is 2.28. The molecule has 0 fully saturated rings. The van der Waals surface area contributed by atoms with Crippen LogP contribution in [0.2, 0.25) is 0 Å². The molecule has 5 nitrogen and oxygen atoms in total. The van der Waals surface area contributed by atoms with Crippen molar-refractivity contribution >= 4 is 10.9 Å². The standard InChI is InChI=1S/C12H14N2O3/c1-13-6-10(16)7-2-4-9(15)12-8(7)3-5-11(17)14-12/h2-5,10,13,15-16H,6H2,1H3,(H,14,17)/t10-/m0/s1. The second kappa shape index (κ2) is 4.57. The monoisotopic (exact) mass is 234 g/mol. The first kappa shape index (κ1) is 11.6. The molecule has 4 N–H and O–H groups in total. The predicted molar refractivity (Wildman–Crippen MR) is 65.1 cm³/mol. The Balaban J connectivity index is 2.66. The molecule has 0 saturated heterocycles. The summed E-state index contributed by atoms with van der Waals surface area (Å²) in [7, 11) is 1.74. The minimum atomic E-state index is -0.686. The lowest BCUT2D eigenvalue weighted by molar-refractivity contribution is 0.179. The van der Waals surface area contributed by atoms with Gasteiger partial charge in [0.2, 0.25) is 5.56 Å². The Morgan fingerprint density at radius 1 is 1.35 bits per heavy atom. The Morgan fingerprint density at radius 2 is 2.12 bits per heavy atom. The van der Waals surface area contributed by atoms with Gasteiger partial charge in [-0.3, -0.25) is 4.79 Å². The van der Waals surface area contributed by atoms with Gasteiger partial charge in [-0.15, -0.1) is 0 Å². The number of aromatic amines is 1. The van der Waals surface area contributed by atoms with Crippen LogP contribution in [0.5, 0.6) is 5.75 Å². The van der Waals surface area contributed by atoms with Gasteiger partial charge in [-0.25, -0.2) is 0 Å². The highest BCUT2D eigenvalue weighted by atomic mass is 16.3. The van der Waals surface area contributed by atoms with Crippen molar-refractivity contribution < 1.29 is 10.2 Å². The van der Waals surface area contributed by atoms with E-state index in [-0.39, 0.29) is 11.3 Å². The summed E-state index contributed by atoms with van der Waals surface area (Å²) in [6.07, 6.45) is -0.686. The summed E-state index contributed by atoms with van der Waals surface area (Å²) in [6.45, 7) is 0.402. The lowest BCUT2D eigenvalue weighted by atomic mass is 10.0. The molecule has 90 valence electrons. The second-order valence-electron chi connectivity index (χ2n) is 3.86. The number of nitrogens with one attached hydrogen (secondary N) is 2. The van der Waals surface area contributed by atoms with Gasteiger partial charge in [-0.05, 0) is 24.7 Å². The van der Waals surface area contributed by atoms with Gasteiger partial charge < -0.3 is 20.5 Å². The normalized spacial score (nSPS) is 12.8. The van der Waals surface area contributed by atoms with Crippen molar-refractivity contribution in [2.75, 3.05) is 13.6 Å². The van der Waals surface area contributed by atoms with Crippen LogP contribution in [0.3, 0.4) is 0 Å². The second-order valence-corrected chi connectivity index (χ2v) is 3.86. The molecule has 0 amide bonds. The molecule has 1 aromatic carbocycles. The van der Waals surface area contributed by atoms with Crippen LogP contribution in [0.1, 0.15) is 11.7 Å². The Labute approximate surface area is 97.7 Å². The number of aliphatic hydroxyl groups excluding tert-OH is 1. The van der Waals surface area contributed by atoms with Crippen LogP contribution in [-0.2, 0) is 0 Å². The highest BCUT2D eigenvalue weighted by Gasteiger charge is 2.12. The number of pyridine rings is 1. The van der Waals surface area contributed by atoms with Crippen molar-refractivity contribution in [2.45, 2.75) is 6.10 Å². The maximum absolute atomic E-state index is 11.2. The van der Waals surface area contributed by atoms with E-state index in [0.717, 1.165) is 0 Å².